The molecule has 0 fully saturated rings. The van der Waals surface area contributed by atoms with Gasteiger partial charge in [-0.05, 0) is 84.0 Å². The molecular formula is C47H32N4. The lowest BCUT2D eigenvalue weighted by Gasteiger charge is -2.15. The van der Waals surface area contributed by atoms with E-state index in [0.29, 0.717) is 0 Å². The number of hydrogen-bond acceptors (Lipinski definition) is 2. The summed E-state index contributed by atoms with van der Waals surface area (Å²) in [5, 5.41) is 3.75. The summed E-state index contributed by atoms with van der Waals surface area (Å²) >= 11 is 0. The Bertz CT molecular complexity index is 2940. The van der Waals surface area contributed by atoms with Crippen LogP contribution in [0.3, 0.4) is 0 Å². The lowest BCUT2D eigenvalue weighted by atomic mass is 9.93. The van der Waals surface area contributed by atoms with Gasteiger partial charge in [0.2, 0.25) is 0 Å². The summed E-state index contributed by atoms with van der Waals surface area (Å²) in [6, 6.07) is 48.0. The minimum atomic E-state index is 0.835. The molecule has 0 saturated heterocycles. The lowest BCUT2D eigenvalue weighted by Crippen LogP contribution is -2.04. The monoisotopic (exact) mass is 652 g/mol. The molecule has 9 aromatic rings. The minimum Gasteiger partial charge on any atom is -0.309 e. The van der Waals surface area contributed by atoms with Crippen molar-refractivity contribution in [3.63, 3.8) is 0 Å². The smallest absolute Gasteiger partial charge is 0.165 e. The third-order valence-corrected chi connectivity index (χ3v) is 10.8. The van der Waals surface area contributed by atoms with Crippen molar-refractivity contribution < 1.29 is 0 Å². The van der Waals surface area contributed by atoms with E-state index >= 15 is 0 Å². The van der Waals surface area contributed by atoms with Crippen molar-refractivity contribution in [2.75, 3.05) is 0 Å². The van der Waals surface area contributed by atoms with Crippen LogP contribution in [0.25, 0.3) is 89.8 Å². The Morgan fingerprint density at radius 3 is 2.27 bits per heavy atom. The molecule has 2 aliphatic carbocycles. The Morgan fingerprint density at radius 2 is 1.35 bits per heavy atom. The van der Waals surface area contributed by atoms with Gasteiger partial charge in [-0.3, -0.25) is 4.57 Å². The van der Waals surface area contributed by atoms with Gasteiger partial charge < -0.3 is 4.57 Å². The predicted molar refractivity (Wildman–Crippen MR) is 212 cm³/mol. The highest BCUT2D eigenvalue weighted by Gasteiger charge is 2.25. The van der Waals surface area contributed by atoms with Gasteiger partial charge in [0, 0.05) is 33.0 Å². The van der Waals surface area contributed by atoms with Crippen LogP contribution in [0.4, 0.5) is 0 Å². The average Bonchev–Trinajstić information content (AvgIpc) is 3.62. The first-order valence-electron chi connectivity index (χ1n) is 17.8. The highest BCUT2D eigenvalue weighted by atomic mass is 15.1. The van der Waals surface area contributed by atoms with E-state index in [-0.39, 0.29) is 0 Å². The summed E-state index contributed by atoms with van der Waals surface area (Å²) in [5.74, 6) is 0.835. The third-order valence-electron chi connectivity index (χ3n) is 10.8. The fourth-order valence-electron chi connectivity index (χ4n) is 8.54. The average molecular weight is 653 g/mol. The number of rotatable bonds is 3. The molecule has 0 bridgehead atoms. The zero-order valence-corrected chi connectivity index (χ0v) is 27.9. The van der Waals surface area contributed by atoms with Gasteiger partial charge in [-0.25, -0.2) is 9.97 Å². The van der Waals surface area contributed by atoms with E-state index in [1.807, 2.05) is 12.1 Å². The summed E-state index contributed by atoms with van der Waals surface area (Å²) in [6.45, 7) is 0. The molecule has 3 heterocycles. The number of allylic oxidation sites excluding steroid dienone is 2. The largest absolute Gasteiger partial charge is 0.309 e. The van der Waals surface area contributed by atoms with Gasteiger partial charge in [-0.2, -0.15) is 0 Å². The van der Waals surface area contributed by atoms with Crippen LogP contribution in [0.1, 0.15) is 28.8 Å². The molecule has 51 heavy (non-hydrogen) atoms. The normalized spacial score (nSPS) is 13.5. The lowest BCUT2D eigenvalue weighted by molar-refractivity contribution is 0.989. The maximum atomic E-state index is 5.42. The van der Waals surface area contributed by atoms with Crippen LogP contribution in [0.5, 0.6) is 0 Å². The molecule has 240 valence electrons. The number of para-hydroxylation sites is 3. The van der Waals surface area contributed by atoms with Crippen molar-refractivity contribution in [2.45, 2.75) is 19.3 Å². The summed E-state index contributed by atoms with van der Waals surface area (Å²) in [7, 11) is 0. The molecule has 4 nitrogen and oxygen atoms in total. The molecular weight excluding hydrogens is 621 g/mol. The van der Waals surface area contributed by atoms with Crippen molar-refractivity contribution in [1.29, 1.82) is 0 Å². The zero-order chi connectivity index (χ0) is 33.5. The second-order valence-corrected chi connectivity index (χ2v) is 13.6. The van der Waals surface area contributed by atoms with Gasteiger partial charge in [0.15, 0.2) is 5.82 Å². The topological polar surface area (TPSA) is 35.6 Å². The fourth-order valence-corrected chi connectivity index (χ4v) is 8.54. The van der Waals surface area contributed by atoms with Crippen LogP contribution in [0, 0.1) is 0 Å². The maximum absolute atomic E-state index is 5.42. The van der Waals surface area contributed by atoms with Crippen molar-refractivity contribution in [3.8, 4) is 33.9 Å². The second-order valence-electron chi connectivity index (χ2n) is 13.6. The number of benzene rings is 6. The molecule has 0 radical (unpaired) electrons. The number of aromatic nitrogens is 4. The quantitative estimate of drug-likeness (QED) is 0.190. The van der Waals surface area contributed by atoms with Crippen LogP contribution in [-0.4, -0.2) is 19.1 Å². The first-order valence-corrected chi connectivity index (χ1v) is 17.8. The number of aryl methyl sites for hydroxylation is 1. The summed E-state index contributed by atoms with van der Waals surface area (Å²) in [6.07, 6.45) is 12.3. The van der Waals surface area contributed by atoms with Crippen LogP contribution in [0.2, 0.25) is 0 Å². The maximum Gasteiger partial charge on any atom is 0.165 e. The number of fused-ring (bicyclic) bond motifs is 11. The molecule has 0 aliphatic heterocycles. The SMILES string of the molecule is C1=Cc2c(ccc3c2c2ccc(-n4c5c(c6ccccc64)-c4ccccc4CC=C5)cc2n3-c2nc3ccccc3nc2-c2ccccc2)CC1. The van der Waals surface area contributed by atoms with Gasteiger partial charge in [0.05, 0.1) is 33.3 Å². The van der Waals surface area contributed by atoms with Crippen molar-refractivity contribution >= 4 is 55.9 Å². The van der Waals surface area contributed by atoms with Crippen molar-refractivity contribution in [3.05, 3.63) is 168 Å². The van der Waals surface area contributed by atoms with Gasteiger partial charge in [-0.1, -0.05) is 115 Å². The van der Waals surface area contributed by atoms with Gasteiger partial charge in [-0.15, -0.1) is 0 Å². The van der Waals surface area contributed by atoms with Gasteiger partial charge in [0.1, 0.15) is 5.69 Å². The molecule has 0 spiro atoms. The molecule has 0 amide bonds. The first kappa shape index (κ1) is 28.3. The van der Waals surface area contributed by atoms with Crippen LogP contribution >= 0.6 is 0 Å². The highest BCUT2D eigenvalue weighted by molar-refractivity contribution is 6.14. The van der Waals surface area contributed by atoms with Crippen LogP contribution < -0.4 is 0 Å². The Hall–Kier alpha value is -6.52. The Kier molecular flexibility index (Phi) is 6.11. The number of nitrogens with zero attached hydrogens (tertiary/aromatic N) is 4. The molecule has 4 heteroatoms. The van der Waals surface area contributed by atoms with E-state index in [1.165, 1.54) is 55.2 Å². The van der Waals surface area contributed by atoms with Gasteiger partial charge >= 0.3 is 0 Å². The molecule has 0 unspecified atom stereocenters. The van der Waals surface area contributed by atoms with Crippen molar-refractivity contribution in [2.24, 2.45) is 0 Å². The van der Waals surface area contributed by atoms with Crippen LogP contribution in [0.15, 0.2) is 146 Å². The summed E-state index contributed by atoms with van der Waals surface area (Å²) < 4.78 is 4.82. The standard InChI is InChI=1S/C47H32N4/c1-2-15-32(16-3-1)46-47(49-39-22-10-9-21-38(39)48-46)51-42-28-25-31-14-5-7-19-35(31)45(42)37-27-26-33(29-43(37)51)50-40-23-11-8-20-36(40)44-34-18-6-4-13-30(34)17-12-24-41(44)50/h1-4,6-13,15-16,18-29H,5,14,17H2. The molecule has 11 rings (SSSR count). The predicted octanol–water partition coefficient (Wildman–Crippen LogP) is 11.5. The summed E-state index contributed by atoms with van der Waals surface area (Å²) in [4.78, 5) is 10.7. The third kappa shape index (κ3) is 4.20. The number of hydrogen-bond donors (Lipinski definition) is 0. The molecule has 0 N–H and O–H groups in total. The van der Waals surface area contributed by atoms with E-state index in [4.69, 9.17) is 9.97 Å². The molecule has 0 saturated carbocycles. The van der Waals surface area contributed by atoms with E-state index < -0.39 is 0 Å². The Labute approximate surface area is 295 Å². The minimum absolute atomic E-state index is 0.835. The van der Waals surface area contributed by atoms with Crippen molar-refractivity contribution in [1.82, 2.24) is 19.1 Å². The molecule has 0 atom stereocenters. The zero-order valence-electron chi connectivity index (χ0n) is 27.9. The Morgan fingerprint density at radius 1 is 0.549 bits per heavy atom. The highest BCUT2D eigenvalue weighted by Crippen LogP contribution is 2.44. The first-order chi connectivity index (χ1) is 25.3. The molecule has 3 aromatic heterocycles. The van der Waals surface area contributed by atoms with E-state index in [1.54, 1.807) is 0 Å². The summed E-state index contributed by atoms with van der Waals surface area (Å²) in [5.41, 5.74) is 16.1. The van der Waals surface area contributed by atoms with E-state index in [0.717, 1.165) is 64.1 Å². The second kappa shape index (κ2) is 11.0. The Balaban J connectivity index is 1.27. The molecule has 6 aromatic carbocycles. The molecule has 2 aliphatic rings. The van der Waals surface area contributed by atoms with E-state index in [9.17, 15) is 0 Å². The fraction of sp³-hybridized carbons (Fsp3) is 0.0638. The van der Waals surface area contributed by atoms with Gasteiger partial charge in [0.25, 0.3) is 0 Å². The van der Waals surface area contributed by atoms with Crippen LogP contribution in [-0.2, 0) is 12.8 Å². The van der Waals surface area contributed by atoms with E-state index in [2.05, 4.69) is 155 Å².